The van der Waals surface area contributed by atoms with E-state index in [9.17, 15) is 18.9 Å². The van der Waals surface area contributed by atoms with Gasteiger partial charge in [-0.05, 0) is 0 Å². The molecule has 0 unspecified atom stereocenters. The van der Waals surface area contributed by atoms with Crippen molar-refractivity contribution in [3.63, 3.8) is 0 Å². The third kappa shape index (κ3) is 10.2. The van der Waals surface area contributed by atoms with Crippen LogP contribution in [-0.4, -0.2) is 23.0 Å². The van der Waals surface area contributed by atoms with E-state index in [2.05, 4.69) is 9.05 Å². The van der Waals surface area contributed by atoms with Crippen LogP contribution in [0.25, 0.3) is 0 Å². The van der Waals surface area contributed by atoms with Gasteiger partial charge in [-0.1, -0.05) is 0 Å². The van der Waals surface area contributed by atoms with Crippen LogP contribution in [0.2, 0.25) is 0 Å². The molecule has 0 radical (unpaired) electrons. The van der Waals surface area contributed by atoms with Gasteiger partial charge in [-0.2, -0.15) is 0 Å². The highest BCUT2D eigenvalue weighted by molar-refractivity contribution is 7.46. The minimum atomic E-state index is -5.08. The number of rotatable bonds is 5. The highest BCUT2D eigenvalue weighted by Crippen LogP contribution is 2.35. The molecule has 10 heteroatoms. The molecule has 0 saturated heterocycles. The van der Waals surface area contributed by atoms with Crippen molar-refractivity contribution in [1.82, 2.24) is 0 Å². The SMILES string of the molecule is O=P([O-])([O-])OCCOP(=O)(O)O. The van der Waals surface area contributed by atoms with Crippen LogP contribution in [0, 0.1) is 0 Å². The van der Waals surface area contributed by atoms with E-state index in [-0.39, 0.29) is 0 Å². The minimum Gasteiger partial charge on any atom is -0.790 e. The molecule has 0 aromatic rings. The fourth-order valence-electron chi connectivity index (χ4n) is 0.305. The van der Waals surface area contributed by atoms with E-state index < -0.39 is 28.9 Å². The van der Waals surface area contributed by atoms with Crippen LogP contribution in [-0.2, 0) is 18.2 Å². The second-order valence-corrected chi connectivity index (χ2v) is 4.00. The van der Waals surface area contributed by atoms with E-state index in [1.54, 1.807) is 0 Å². The van der Waals surface area contributed by atoms with Gasteiger partial charge in [-0.15, -0.1) is 0 Å². The lowest BCUT2D eigenvalue weighted by atomic mass is 10.8. The molecule has 2 N–H and O–H groups in total. The van der Waals surface area contributed by atoms with Crippen molar-refractivity contribution in [3.05, 3.63) is 0 Å². The fraction of sp³-hybridized carbons (Fsp3) is 1.00. The Balaban J connectivity index is 3.48. The molecule has 0 aliphatic rings. The molecule has 74 valence electrons. The van der Waals surface area contributed by atoms with E-state index in [0.717, 1.165) is 0 Å². The smallest absolute Gasteiger partial charge is 0.469 e. The second-order valence-electron chi connectivity index (χ2n) is 1.60. The van der Waals surface area contributed by atoms with Gasteiger partial charge in [0.05, 0.1) is 21.0 Å². The largest absolute Gasteiger partial charge is 0.790 e. The Bertz CT molecular complexity index is 187. The molecule has 0 fully saturated rings. The molecule has 0 spiro atoms. The van der Waals surface area contributed by atoms with Crippen molar-refractivity contribution in [2.45, 2.75) is 0 Å². The van der Waals surface area contributed by atoms with Gasteiger partial charge in [0.2, 0.25) is 0 Å². The zero-order valence-electron chi connectivity index (χ0n) is 5.65. The zero-order valence-corrected chi connectivity index (χ0v) is 7.44. The summed E-state index contributed by atoms with van der Waals surface area (Å²) in [5, 5.41) is 0. The Kier molecular flexibility index (Phi) is 4.54. The molecule has 0 heterocycles. The van der Waals surface area contributed by atoms with Gasteiger partial charge >= 0.3 is 7.82 Å². The summed E-state index contributed by atoms with van der Waals surface area (Å²) in [6, 6.07) is 0. The third-order valence-electron chi connectivity index (χ3n) is 0.592. The monoisotopic (exact) mass is 220 g/mol. The van der Waals surface area contributed by atoms with Crippen molar-refractivity contribution in [2.75, 3.05) is 13.2 Å². The van der Waals surface area contributed by atoms with Gasteiger partial charge < -0.3 is 28.7 Å². The Morgan fingerprint density at radius 2 is 1.50 bits per heavy atom. The number of hydrogen-bond acceptors (Lipinski definition) is 6. The number of hydrogen-bond donors (Lipinski definition) is 2. The molecule has 12 heavy (non-hydrogen) atoms. The molecule has 0 amide bonds. The quantitative estimate of drug-likeness (QED) is 0.398. The van der Waals surface area contributed by atoms with E-state index >= 15 is 0 Å². The first kappa shape index (κ1) is 12.2. The molecule has 0 saturated carbocycles. The van der Waals surface area contributed by atoms with Gasteiger partial charge in [-0.25, -0.2) is 4.57 Å². The van der Waals surface area contributed by atoms with Crippen molar-refractivity contribution in [3.8, 4) is 0 Å². The maximum absolute atomic E-state index is 9.95. The highest BCUT2D eigenvalue weighted by Gasteiger charge is 2.12. The minimum absolute atomic E-state index is 0.668. The topological polar surface area (TPSA) is 139 Å². The lowest BCUT2D eigenvalue weighted by Gasteiger charge is -2.28. The molecule has 8 nitrogen and oxygen atoms in total. The molecule has 0 atom stereocenters. The van der Waals surface area contributed by atoms with E-state index in [1.807, 2.05) is 0 Å². The first-order valence-corrected chi connectivity index (χ1v) is 5.56. The fourth-order valence-corrected chi connectivity index (χ4v) is 0.916. The average Bonchev–Trinajstić information content (AvgIpc) is 1.76. The maximum Gasteiger partial charge on any atom is 0.469 e. The zero-order chi connectivity index (χ0) is 9.83. The molecule has 0 aliphatic carbocycles. The van der Waals surface area contributed by atoms with Crippen molar-refractivity contribution < 1.29 is 37.8 Å². The lowest BCUT2D eigenvalue weighted by molar-refractivity contribution is -0.342. The highest BCUT2D eigenvalue weighted by atomic mass is 31.2. The first-order chi connectivity index (χ1) is 5.21. The Morgan fingerprint density at radius 1 is 1.08 bits per heavy atom. The standard InChI is InChI=1S/C2H8O8P2/c3-11(4,5)9-1-2-10-12(6,7)8/h1-2H2,(H2,3,4,5)(H2,6,7,8)/p-2. The van der Waals surface area contributed by atoms with Crippen molar-refractivity contribution in [1.29, 1.82) is 0 Å². The first-order valence-electron chi connectivity index (χ1n) is 2.57. The third-order valence-corrected chi connectivity index (χ3v) is 1.61. The predicted octanol–water partition coefficient (Wildman–Crippen LogP) is -2.06. The van der Waals surface area contributed by atoms with E-state index in [0.29, 0.717) is 0 Å². The van der Waals surface area contributed by atoms with Gasteiger partial charge in [-0.3, -0.25) is 4.52 Å². The molecule has 0 aromatic heterocycles. The molecule has 0 bridgehead atoms. The summed E-state index contributed by atoms with van der Waals surface area (Å²) in [5.41, 5.74) is 0. The van der Waals surface area contributed by atoms with E-state index in [4.69, 9.17) is 9.79 Å². The molecule has 0 aliphatic heterocycles. The summed E-state index contributed by atoms with van der Waals surface area (Å²) < 4.78 is 27.1. The molecule has 0 aromatic carbocycles. The Morgan fingerprint density at radius 3 is 1.83 bits per heavy atom. The normalized spacial score (nSPS) is 13.3. The summed E-state index contributed by atoms with van der Waals surface area (Å²) in [7, 11) is -9.70. The molecular weight excluding hydrogens is 214 g/mol. The van der Waals surface area contributed by atoms with Crippen LogP contribution in [0.15, 0.2) is 0 Å². The Labute approximate surface area is 67.6 Å². The van der Waals surface area contributed by atoms with Gasteiger partial charge in [0.15, 0.2) is 0 Å². The lowest BCUT2D eigenvalue weighted by Crippen LogP contribution is -2.18. The predicted molar refractivity (Wildman–Crippen MR) is 31.6 cm³/mol. The van der Waals surface area contributed by atoms with Crippen LogP contribution in [0.4, 0.5) is 0 Å². The van der Waals surface area contributed by atoms with Crippen molar-refractivity contribution >= 4 is 15.6 Å². The summed E-state index contributed by atoms with van der Waals surface area (Å²) >= 11 is 0. The summed E-state index contributed by atoms with van der Waals surface area (Å²) in [4.78, 5) is 35.6. The average molecular weight is 220 g/mol. The van der Waals surface area contributed by atoms with Gasteiger partial charge in [0, 0.05) is 0 Å². The van der Waals surface area contributed by atoms with Crippen LogP contribution in [0.5, 0.6) is 0 Å². The van der Waals surface area contributed by atoms with Gasteiger partial charge in [0.25, 0.3) is 0 Å². The van der Waals surface area contributed by atoms with Crippen LogP contribution < -0.4 is 9.79 Å². The van der Waals surface area contributed by atoms with Crippen LogP contribution in [0.1, 0.15) is 0 Å². The number of phosphoric acid groups is 2. The maximum atomic E-state index is 9.95. The number of phosphoric ester groups is 2. The van der Waals surface area contributed by atoms with Crippen LogP contribution >= 0.6 is 15.6 Å². The molecule has 0 rings (SSSR count). The van der Waals surface area contributed by atoms with Gasteiger partial charge in [0.1, 0.15) is 0 Å². The van der Waals surface area contributed by atoms with E-state index in [1.165, 1.54) is 0 Å². The second kappa shape index (κ2) is 4.45. The molecular formula is C2H6O8P2-2. The Hall–Kier alpha value is 0.220. The van der Waals surface area contributed by atoms with Crippen LogP contribution in [0.3, 0.4) is 0 Å². The summed E-state index contributed by atoms with van der Waals surface area (Å²) in [6.07, 6.45) is 0. The summed E-state index contributed by atoms with van der Waals surface area (Å²) in [6.45, 7) is -1.38. The van der Waals surface area contributed by atoms with Crippen molar-refractivity contribution in [2.24, 2.45) is 0 Å². The summed E-state index contributed by atoms with van der Waals surface area (Å²) in [5.74, 6) is 0.